The predicted molar refractivity (Wildman–Crippen MR) is 95.3 cm³/mol. The smallest absolute Gasteiger partial charge is 0.328 e. The molecule has 1 heterocycles. The molecule has 0 saturated heterocycles. The van der Waals surface area contributed by atoms with Gasteiger partial charge in [0.2, 0.25) is 0 Å². The highest BCUT2D eigenvalue weighted by Gasteiger charge is 2.22. The Balaban J connectivity index is 2.28. The van der Waals surface area contributed by atoms with Gasteiger partial charge in [0.05, 0.1) is 16.1 Å². The number of nitrogens with zero attached hydrogens (tertiary/aromatic N) is 1. The van der Waals surface area contributed by atoms with Crippen LogP contribution in [0.3, 0.4) is 0 Å². The normalized spacial score (nSPS) is 12.0. The molecule has 0 spiro atoms. The Hall–Kier alpha value is -2.38. The summed E-state index contributed by atoms with van der Waals surface area (Å²) in [6.07, 6.45) is 2.19. The number of hydrogen-bond acceptors (Lipinski definition) is 3. The first kappa shape index (κ1) is 16.5. The molecule has 5 nitrogen and oxygen atoms in total. The second-order valence-corrected chi connectivity index (χ2v) is 7.73. The van der Waals surface area contributed by atoms with Gasteiger partial charge >= 0.3 is 5.97 Å². The summed E-state index contributed by atoms with van der Waals surface area (Å²) >= 11 is 3.28. The van der Waals surface area contributed by atoms with Gasteiger partial charge in [0.25, 0.3) is 10.0 Å². The van der Waals surface area contributed by atoms with Gasteiger partial charge in [0.1, 0.15) is 0 Å². The predicted octanol–water partition coefficient (Wildman–Crippen LogP) is 3.74. The lowest BCUT2D eigenvalue weighted by Crippen LogP contribution is -2.14. The van der Waals surface area contributed by atoms with Gasteiger partial charge in [-0.3, -0.25) is 0 Å². The zero-order valence-corrected chi connectivity index (χ0v) is 14.7. The lowest BCUT2D eigenvalue weighted by molar-refractivity contribution is -0.131. The van der Waals surface area contributed by atoms with Gasteiger partial charge in [-0.2, -0.15) is 0 Å². The van der Waals surface area contributed by atoms with Crippen molar-refractivity contribution in [2.24, 2.45) is 0 Å². The van der Waals surface area contributed by atoms with Crippen LogP contribution in [0.1, 0.15) is 5.69 Å². The van der Waals surface area contributed by atoms with Crippen LogP contribution in [0.4, 0.5) is 0 Å². The number of rotatable bonds is 4. The second kappa shape index (κ2) is 6.26. The number of aromatic nitrogens is 1. The molecule has 0 amide bonds. The highest BCUT2D eigenvalue weighted by molar-refractivity contribution is 9.10. The number of halogens is 1. The quantitative estimate of drug-likeness (QED) is 0.670. The number of fused-ring (bicyclic) bond motifs is 1. The van der Waals surface area contributed by atoms with Gasteiger partial charge < -0.3 is 5.11 Å². The molecular weight excluding hydrogens is 394 g/mol. The molecule has 3 rings (SSSR count). The van der Waals surface area contributed by atoms with Gasteiger partial charge in [-0.15, -0.1) is 0 Å². The number of benzene rings is 2. The van der Waals surface area contributed by atoms with E-state index in [4.69, 9.17) is 5.11 Å². The molecule has 7 heteroatoms. The van der Waals surface area contributed by atoms with Gasteiger partial charge in [-0.1, -0.05) is 34.1 Å². The van der Waals surface area contributed by atoms with Gasteiger partial charge in [0, 0.05) is 15.9 Å². The molecule has 0 aliphatic carbocycles. The van der Waals surface area contributed by atoms with E-state index < -0.39 is 16.0 Å². The molecule has 0 fully saturated rings. The first-order valence-corrected chi connectivity index (χ1v) is 9.15. The molecule has 0 bridgehead atoms. The molecule has 2 aromatic carbocycles. The summed E-state index contributed by atoms with van der Waals surface area (Å²) in [5.41, 5.74) is 0.770. The second-order valence-electron chi connectivity index (χ2n) is 5.02. The number of carboxylic acids is 1. The van der Waals surface area contributed by atoms with Gasteiger partial charge in [0.15, 0.2) is 0 Å². The molecule has 1 N–H and O–H groups in total. The maximum absolute atomic E-state index is 13.1. The van der Waals surface area contributed by atoms with Crippen LogP contribution in [0.5, 0.6) is 0 Å². The van der Waals surface area contributed by atoms with Crippen LogP contribution in [0.2, 0.25) is 0 Å². The lowest BCUT2D eigenvalue weighted by atomic mass is 10.2. The number of carbonyl (C=O) groups is 1. The molecule has 0 atom stereocenters. The Morgan fingerprint density at radius 1 is 1.08 bits per heavy atom. The fraction of sp³-hybridized carbons (Fsp3) is 0. The Morgan fingerprint density at radius 2 is 1.75 bits per heavy atom. The summed E-state index contributed by atoms with van der Waals surface area (Å²) in [5.74, 6) is -1.15. The van der Waals surface area contributed by atoms with E-state index in [2.05, 4.69) is 15.9 Å². The van der Waals surface area contributed by atoms with E-state index in [1.807, 2.05) is 0 Å². The Labute approximate surface area is 147 Å². The maximum Gasteiger partial charge on any atom is 0.328 e. The standard InChI is InChI=1S/C17H12BrNO4S/c18-13-5-8-15(9-6-13)24(22,23)19-14(7-10-17(20)21)11-12-3-1-2-4-16(12)19/h1-11H,(H,20,21)/b10-7+. The fourth-order valence-electron chi connectivity index (χ4n) is 2.40. The summed E-state index contributed by atoms with van der Waals surface area (Å²) in [6.45, 7) is 0. The minimum atomic E-state index is -3.87. The van der Waals surface area contributed by atoms with Crippen molar-refractivity contribution in [3.8, 4) is 0 Å². The minimum Gasteiger partial charge on any atom is -0.478 e. The molecule has 0 aliphatic heterocycles. The van der Waals surface area contributed by atoms with E-state index in [-0.39, 0.29) is 10.6 Å². The molecule has 0 unspecified atom stereocenters. The summed E-state index contributed by atoms with van der Waals surface area (Å²) in [6, 6.07) is 14.9. The Kier molecular flexibility index (Phi) is 4.29. The van der Waals surface area contributed by atoms with Crippen molar-refractivity contribution in [3.63, 3.8) is 0 Å². The first-order valence-electron chi connectivity index (χ1n) is 6.92. The zero-order valence-electron chi connectivity index (χ0n) is 12.3. The van der Waals surface area contributed by atoms with Crippen LogP contribution in [-0.4, -0.2) is 23.5 Å². The van der Waals surface area contributed by atoms with Crippen molar-refractivity contribution in [2.75, 3.05) is 0 Å². The van der Waals surface area contributed by atoms with Gasteiger partial charge in [-0.25, -0.2) is 17.2 Å². The minimum absolute atomic E-state index is 0.122. The highest BCUT2D eigenvalue weighted by atomic mass is 79.9. The van der Waals surface area contributed by atoms with Crippen molar-refractivity contribution in [3.05, 3.63) is 70.8 Å². The van der Waals surface area contributed by atoms with Gasteiger partial charge in [-0.05, 0) is 42.5 Å². The van der Waals surface area contributed by atoms with Crippen molar-refractivity contribution in [2.45, 2.75) is 4.90 Å². The van der Waals surface area contributed by atoms with Crippen molar-refractivity contribution >= 4 is 48.9 Å². The van der Waals surface area contributed by atoms with Crippen molar-refractivity contribution in [1.82, 2.24) is 3.97 Å². The summed E-state index contributed by atoms with van der Waals surface area (Å²) in [4.78, 5) is 10.9. The third-order valence-electron chi connectivity index (χ3n) is 3.44. The number of carboxylic acid groups (broad SMARTS) is 1. The third-order valence-corrected chi connectivity index (χ3v) is 5.73. The molecule has 24 heavy (non-hydrogen) atoms. The molecule has 1 aromatic heterocycles. The van der Waals surface area contributed by atoms with Crippen molar-refractivity contribution in [1.29, 1.82) is 0 Å². The Morgan fingerprint density at radius 3 is 2.42 bits per heavy atom. The summed E-state index contributed by atoms with van der Waals surface area (Å²) in [7, 11) is -3.87. The van der Waals surface area contributed by atoms with E-state index in [1.54, 1.807) is 42.5 Å². The molecule has 0 aliphatic rings. The Bertz CT molecular complexity index is 1050. The van der Waals surface area contributed by atoms with Crippen LogP contribution in [-0.2, 0) is 14.8 Å². The van der Waals surface area contributed by atoms with E-state index in [9.17, 15) is 13.2 Å². The molecule has 3 aromatic rings. The topological polar surface area (TPSA) is 76.4 Å². The monoisotopic (exact) mass is 405 g/mol. The van der Waals surface area contributed by atoms with Crippen LogP contribution >= 0.6 is 15.9 Å². The number of aliphatic carboxylic acids is 1. The zero-order chi connectivity index (χ0) is 17.3. The summed E-state index contributed by atoms with van der Waals surface area (Å²) < 4.78 is 28.0. The number of para-hydroxylation sites is 1. The van der Waals surface area contributed by atoms with E-state index in [0.717, 1.165) is 14.5 Å². The number of hydrogen-bond donors (Lipinski definition) is 1. The molecule has 0 radical (unpaired) electrons. The lowest BCUT2D eigenvalue weighted by Gasteiger charge is -2.10. The molecule has 0 saturated carbocycles. The van der Waals surface area contributed by atoms with Crippen LogP contribution in [0.25, 0.3) is 17.0 Å². The van der Waals surface area contributed by atoms with Crippen LogP contribution < -0.4 is 0 Å². The van der Waals surface area contributed by atoms with E-state index in [0.29, 0.717) is 10.9 Å². The maximum atomic E-state index is 13.1. The van der Waals surface area contributed by atoms with Crippen molar-refractivity contribution < 1.29 is 18.3 Å². The molecular formula is C17H12BrNO4S. The average Bonchev–Trinajstić information content (AvgIpc) is 2.92. The van der Waals surface area contributed by atoms with Crippen LogP contribution in [0, 0.1) is 0 Å². The highest BCUT2D eigenvalue weighted by Crippen LogP contribution is 2.27. The first-order chi connectivity index (χ1) is 11.4. The van der Waals surface area contributed by atoms with Crippen LogP contribution in [0.15, 0.2) is 70.0 Å². The van der Waals surface area contributed by atoms with E-state index >= 15 is 0 Å². The summed E-state index contributed by atoms with van der Waals surface area (Å²) in [5, 5.41) is 9.55. The SMILES string of the molecule is O=C(O)/C=C/c1cc2ccccc2n1S(=O)(=O)c1ccc(Br)cc1. The largest absolute Gasteiger partial charge is 0.478 e. The van der Waals surface area contributed by atoms with E-state index in [1.165, 1.54) is 18.2 Å². The fourth-order valence-corrected chi connectivity index (χ4v) is 4.18. The average molecular weight is 406 g/mol. The third kappa shape index (κ3) is 3.00. The molecule has 122 valence electrons.